The van der Waals surface area contributed by atoms with Crippen molar-refractivity contribution in [3.8, 4) is 6.07 Å². The first kappa shape index (κ1) is 23.9. The van der Waals surface area contributed by atoms with E-state index in [1.54, 1.807) is 19.2 Å². The zero-order chi connectivity index (χ0) is 24.4. The van der Waals surface area contributed by atoms with Crippen LogP contribution in [0.4, 0.5) is 5.82 Å². The lowest BCUT2D eigenvalue weighted by Gasteiger charge is -2.49. The zero-order valence-corrected chi connectivity index (χ0v) is 20.3. The van der Waals surface area contributed by atoms with Crippen LogP contribution in [0.25, 0.3) is 11.0 Å². The van der Waals surface area contributed by atoms with E-state index in [4.69, 9.17) is 0 Å². The van der Waals surface area contributed by atoms with E-state index in [1.807, 2.05) is 12.1 Å². The Morgan fingerprint density at radius 1 is 1.09 bits per heavy atom. The Morgan fingerprint density at radius 2 is 1.79 bits per heavy atom. The Balaban J connectivity index is 1.73. The van der Waals surface area contributed by atoms with Crippen LogP contribution >= 0.6 is 0 Å². The third kappa shape index (κ3) is 4.29. The van der Waals surface area contributed by atoms with Crippen LogP contribution in [0.15, 0.2) is 41.2 Å². The Bertz CT molecular complexity index is 1260. The van der Waals surface area contributed by atoms with Crippen LogP contribution < -0.4 is 10.6 Å². The molecule has 1 fully saturated rings. The molecule has 1 unspecified atom stereocenters. The first-order valence-electron chi connectivity index (χ1n) is 11.9. The fraction of sp³-hybridized carbons (Fsp3) is 0.462. The number of nitrogens with zero attached hydrogens (tertiary/aromatic N) is 6. The Hall–Kier alpha value is -3.28. The lowest BCUT2D eigenvalue weighted by atomic mass is 9.96. The highest BCUT2D eigenvalue weighted by atomic mass is 16.3. The normalized spacial score (nSPS) is 19.8. The van der Waals surface area contributed by atoms with Gasteiger partial charge in [0.15, 0.2) is 5.82 Å². The molecule has 0 bridgehead atoms. The molecule has 0 aliphatic carbocycles. The fourth-order valence-electron chi connectivity index (χ4n) is 4.98. The quantitative estimate of drug-likeness (QED) is 0.603. The minimum Gasteiger partial charge on any atom is -0.392 e. The lowest BCUT2D eigenvalue weighted by molar-refractivity contribution is 0.101. The lowest BCUT2D eigenvalue weighted by Crippen LogP contribution is -2.59. The van der Waals surface area contributed by atoms with Gasteiger partial charge < -0.3 is 10.0 Å². The number of aliphatic hydroxyl groups excluding tert-OH is 1. The van der Waals surface area contributed by atoms with Crippen LogP contribution in [0.3, 0.4) is 0 Å². The van der Waals surface area contributed by atoms with Crippen LogP contribution in [0.5, 0.6) is 0 Å². The van der Waals surface area contributed by atoms with Crippen LogP contribution in [0.2, 0.25) is 0 Å². The van der Waals surface area contributed by atoms with Crippen molar-refractivity contribution in [3.63, 3.8) is 0 Å². The summed E-state index contributed by atoms with van der Waals surface area (Å²) >= 11 is 0. The van der Waals surface area contributed by atoms with Gasteiger partial charge in [0, 0.05) is 38.3 Å². The number of benzene rings is 1. The number of pyridine rings is 1. The predicted molar refractivity (Wildman–Crippen MR) is 132 cm³/mol. The van der Waals surface area contributed by atoms with E-state index >= 15 is 0 Å². The van der Waals surface area contributed by atoms with E-state index in [2.05, 4.69) is 58.7 Å². The van der Waals surface area contributed by atoms with E-state index in [-0.39, 0.29) is 30.4 Å². The third-order valence-electron chi connectivity index (χ3n) is 7.15. The topological polar surface area (TPSA) is 98.3 Å². The van der Waals surface area contributed by atoms with Gasteiger partial charge in [0.1, 0.15) is 17.3 Å². The first-order valence-corrected chi connectivity index (χ1v) is 11.9. The van der Waals surface area contributed by atoms with Gasteiger partial charge in [0.2, 0.25) is 0 Å². The van der Waals surface area contributed by atoms with Crippen molar-refractivity contribution < 1.29 is 5.11 Å². The van der Waals surface area contributed by atoms with Crippen LogP contribution in [-0.2, 0) is 13.7 Å². The van der Waals surface area contributed by atoms with Crippen molar-refractivity contribution in [1.29, 1.82) is 5.26 Å². The molecule has 178 valence electrons. The van der Waals surface area contributed by atoms with Gasteiger partial charge in [0.05, 0.1) is 12.1 Å². The van der Waals surface area contributed by atoms with Gasteiger partial charge in [-0.05, 0) is 43.0 Å². The van der Waals surface area contributed by atoms with E-state index < -0.39 is 0 Å². The average molecular weight is 461 g/mol. The second-order valence-electron chi connectivity index (χ2n) is 9.00. The minimum atomic E-state index is -0.323. The van der Waals surface area contributed by atoms with E-state index in [9.17, 15) is 15.2 Å². The highest BCUT2D eigenvalue weighted by molar-refractivity contribution is 5.86. The van der Waals surface area contributed by atoms with Gasteiger partial charge in [-0.15, -0.1) is 0 Å². The van der Waals surface area contributed by atoms with Gasteiger partial charge >= 0.3 is 5.69 Å². The second-order valence-corrected chi connectivity index (χ2v) is 9.00. The number of piperazine rings is 1. The molecule has 0 amide bonds. The molecule has 3 aromatic rings. The summed E-state index contributed by atoms with van der Waals surface area (Å²) < 4.78 is 1.49. The largest absolute Gasteiger partial charge is 0.392 e. The molecular weight excluding hydrogens is 428 g/mol. The molecule has 1 aromatic carbocycles. The number of hydrogen-bond acceptors (Lipinski definition) is 7. The van der Waals surface area contributed by atoms with Gasteiger partial charge in [-0.1, -0.05) is 38.1 Å². The fourth-order valence-corrected chi connectivity index (χ4v) is 4.98. The molecule has 3 atom stereocenters. The summed E-state index contributed by atoms with van der Waals surface area (Å²) in [5, 5.41) is 18.8. The average Bonchev–Trinajstić information content (AvgIpc) is 2.89. The summed E-state index contributed by atoms with van der Waals surface area (Å²) in [7, 11) is 1.68. The molecule has 1 N–H and O–H groups in total. The van der Waals surface area contributed by atoms with Crippen molar-refractivity contribution in [2.24, 2.45) is 7.05 Å². The molecule has 2 aromatic heterocycles. The van der Waals surface area contributed by atoms with Gasteiger partial charge in [-0.3, -0.25) is 9.47 Å². The SMILES string of the molecule is CC[C@H]1CN(C(C)c2ccc(CO)cc2)[C@H](CC)CN1c1nc(=O)n(C)c2ccc(C#N)nc12. The van der Waals surface area contributed by atoms with Crippen LogP contribution in [0, 0.1) is 11.3 Å². The first-order chi connectivity index (χ1) is 16.4. The van der Waals surface area contributed by atoms with E-state index in [1.165, 1.54) is 10.1 Å². The minimum absolute atomic E-state index is 0.0435. The van der Waals surface area contributed by atoms with Crippen molar-refractivity contribution in [2.45, 2.75) is 58.3 Å². The van der Waals surface area contributed by atoms with Gasteiger partial charge in [-0.25, -0.2) is 9.78 Å². The molecular formula is C26H32N6O2. The van der Waals surface area contributed by atoms with Gasteiger partial charge in [0.25, 0.3) is 0 Å². The number of anilines is 1. The molecule has 1 saturated heterocycles. The predicted octanol–water partition coefficient (Wildman–Crippen LogP) is 3.13. The Kier molecular flexibility index (Phi) is 6.96. The number of aliphatic hydroxyl groups is 1. The van der Waals surface area contributed by atoms with Crippen molar-refractivity contribution in [1.82, 2.24) is 19.4 Å². The molecule has 8 heteroatoms. The van der Waals surface area contributed by atoms with Crippen LogP contribution in [-0.4, -0.2) is 49.7 Å². The zero-order valence-electron chi connectivity index (χ0n) is 20.3. The standard InChI is InChI=1S/C26H32N6O2/c1-5-21-15-32(25-24-23(30(4)26(34)29-25)12-11-20(13-27)28-24)22(6-2)14-31(21)17(3)19-9-7-18(16-33)8-10-19/h7-12,17,21-22,33H,5-6,14-16H2,1-4H3/t17?,21-,22+/m1/s1. The molecule has 3 heterocycles. The number of aryl methyl sites for hydroxylation is 1. The molecule has 8 nitrogen and oxygen atoms in total. The van der Waals surface area contributed by atoms with Crippen molar-refractivity contribution >= 4 is 16.9 Å². The van der Waals surface area contributed by atoms with Crippen LogP contribution in [0.1, 0.15) is 56.5 Å². The smallest absolute Gasteiger partial charge is 0.349 e. The summed E-state index contributed by atoms with van der Waals surface area (Å²) in [5.41, 5.74) is 3.39. The third-order valence-corrected chi connectivity index (χ3v) is 7.15. The number of rotatable bonds is 6. The molecule has 0 saturated carbocycles. The summed E-state index contributed by atoms with van der Waals surface area (Å²) in [6.07, 6.45) is 1.84. The molecule has 0 spiro atoms. The number of aromatic nitrogens is 3. The maximum atomic E-state index is 12.7. The number of hydrogen-bond donors (Lipinski definition) is 1. The maximum absolute atomic E-state index is 12.7. The summed E-state index contributed by atoms with van der Waals surface area (Å²) in [6.45, 7) is 8.16. The van der Waals surface area contributed by atoms with Crippen molar-refractivity contribution in [3.05, 3.63) is 63.7 Å². The van der Waals surface area contributed by atoms with Gasteiger partial charge in [-0.2, -0.15) is 10.2 Å². The summed E-state index contributed by atoms with van der Waals surface area (Å²) in [5.74, 6) is 0.570. The Labute approximate surface area is 200 Å². The Morgan fingerprint density at radius 3 is 2.41 bits per heavy atom. The maximum Gasteiger partial charge on any atom is 0.349 e. The highest BCUT2D eigenvalue weighted by Gasteiger charge is 2.36. The summed E-state index contributed by atoms with van der Waals surface area (Å²) in [6, 6.07) is 14.3. The summed E-state index contributed by atoms with van der Waals surface area (Å²) in [4.78, 5) is 26.5. The van der Waals surface area contributed by atoms with Crippen molar-refractivity contribution in [2.75, 3.05) is 18.0 Å². The number of nitriles is 1. The molecule has 0 radical (unpaired) electrons. The van der Waals surface area contributed by atoms with E-state index in [0.29, 0.717) is 22.5 Å². The molecule has 34 heavy (non-hydrogen) atoms. The molecule has 1 aliphatic rings. The highest BCUT2D eigenvalue weighted by Crippen LogP contribution is 2.33. The van der Waals surface area contributed by atoms with E-state index in [0.717, 1.165) is 31.5 Å². The molecule has 4 rings (SSSR count). The number of fused-ring (bicyclic) bond motifs is 1. The second kappa shape index (κ2) is 9.92. The monoisotopic (exact) mass is 460 g/mol. The molecule has 1 aliphatic heterocycles.